The first kappa shape index (κ1) is 8.64. The molecule has 0 bridgehead atoms. The molecule has 0 saturated carbocycles. The lowest BCUT2D eigenvalue weighted by Crippen LogP contribution is -2.07. The number of nitrogens with one attached hydrogen (secondary N) is 1. The van der Waals surface area contributed by atoms with Crippen molar-refractivity contribution in [2.45, 2.75) is 19.8 Å². The fraction of sp³-hybridized carbons (Fsp3) is 0.375. The zero-order chi connectivity index (χ0) is 8.81. The van der Waals surface area contributed by atoms with Gasteiger partial charge in [-0.2, -0.15) is 0 Å². The molecule has 0 aliphatic carbocycles. The minimum absolute atomic E-state index is 0.360. The number of hydrogen-bond donors (Lipinski definition) is 1. The van der Waals surface area contributed by atoms with Crippen molar-refractivity contribution in [1.82, 2.24) is 9.97 Å². The van der Waals surface area contributed by atoms with Gasteiger partial charge in [0.25, 0.3) is 0 Å². The third-order valence-corrected chi connectivity index (χ3v) is 1.31. The van der Waals surface area contributed by atoms with Crippen LogP contribution in [-0.2, 0) is 0 Å². The number of aromatic amines is 1. The van der Waals surface area contributed by atoms with Crippen LogP contribution in [0.4, 0.5) is 5.82 Å². The lowest BCUT2D eigenvalue weighted by molar-refractivity contribution is 1.00. The fourth-order valence-electron chi connectivity index (χ4n) is 0.726. The molecular formula is C8H11N3O. The average molecular weight is 165 g/mol. The van der Waals surface area contributed by atoms with Gasteiger partial charge in [0.2, 0.25) is 0 Å². The largest absolute Gasteiger partial charge is 0.346 e. The molecule has 0 spiro atoms. The molecule has 4 nitrogen and oxygen atoms in total. The third-order valence-electron chi connectivity index (χ3n) is 1.31. The summed E-state index contributed by atoms with van der Waals surface area (Å²) >= 11 is 0. The first-order chi connectivity index (χ1) is 5.83. The summed E-state index contributed by atoms with van der Waals surface area (Å²) in [6, 6.07) is 1.66. The monoisotopic (exact) mass is 165 g/mol. The number of unbranched alkanes of at least 4 members (excludes halogenated alkanes) is 1. The maximum Gasteiger partial charge on any atom is 0.346 e. The first-order valence-electron chi connectivity index (χ1n) is 3.91. The Morgan fingerprint density at radius 1 is 1.75 bits per heavy atom. The Bertz CT molecular complexity index is 316. The highest BCUT2D eigenvalue weighted by Gasteiger charge is 1.86. The van der Waals surface area contributed by atoms with Crippen LogP contribution < -0.4 is 5.69 Å². The summed E-state index contributed by atoms with van der Waals surface area (Å²) in [6.07, 6.45) is 5.20. The molecule has 0 fully saturated rings. The molecule has 1 aromatic rings. The van der Waals surface area contributed by atoms with Gasteiger partial charge in [0.05, 0.1) is 0 Å². The summed E-state index contributed by atoms with van der Waals surface area (Å²) < 4.78 is 0. The van der Waals surface area contributed by atoms with Crippen molar-refractivity contribution in [2.24, 2.45) is 4.99 Å². The van der Waals surface area contributed by atoms with Gasteiger partial charge in [0.15, 0.2) is 0 Å². The average Bonchev–Trinajstić information content (AvgIpc) is 2.05. The van der Waals surface area contributed by atoms with Gasteiger partial charge in [-0.05, 0) is 12.5 Å². The highest BCUT2D eigenvalue weighted by molar-refractivity contribution is 5.61. The molecule has 1 N–H and O–H groups in total. The van der Waals surface area contributed by atoms with E-state index >= 15 is 0 Å². The van der Waals surface area contributed by atoms with E-state index in [-0.39, 0.29) is 5.69 Å². The highest BCUT2D eigenvalue weighted by Crippen LogP contribution is 2.00. The predicted molar refractivity (Wildman–Crippen MR) is 47.9 cm³/mol. The molecule has 1 rings (SSSR count). The van der Waals surface area contributed by atoms with Crippen molar-refractivity contribution in [3.63, 3.8) is 0 Å². The maximum absolute atomic E-state index is 10.7. The molecule has 4 heteroatoms. The number of nitrogens with zero attached hydrogens (tertiary/aromatic N) is 2. The molecule has 0 saturated heterocycles. The third kappa shape index (κ3) is 2.65. The van der Waals surface area contributed by atoms with Crippen molar-refractivity contribution >= 4 is 12.0 Å². The fourth-order valence-corrected chi connectivity index (χ4v) is 0.726. The van der Waals surface area contributed by atoms with Crippen molar-refractivity contribution < 1.29 is 0 Å². The van der Waals surface area contributed by atoms with E-state index < -0.39 is 0 Å². The Morgan fingerprint density at radius 3 is 3.25 bits per heavy atom. The molecule has 0 aliphatic rings. The van der Waals surface area contributed by atoms with E-state index in [0.717, 1.165) is 12.8 Å². The molecule has 0 atom stereocenters. The lowest BCUT2D eigenvalue weighted by atomic mass is 10.4. The lowest BCUT2D eigenvalue weighted by Gasteiger charge is -1.89. The number of H-pyrrole nitrogens is 1. The van der Waals surface area contributed by atoms with Crippen LogP contribution in [0, 0.1) is 0 Å². The van der Waals surface area contributed by atoms with Gasteiger partial charge < -0.3 is 0 Å². The smallest absolute Gasteiger partial charge is 0.290 e. The molecule has 12 heavy (non-hydrogen) atoms. The van der Waals surface area contributed by atoms with Gasteiger partial charge >= 0.3 is 5.69 Å². The molecule has 1 heterocycles. The van der Waals surface area contributed by atoms with Crippen molar-refractivity contribution in [2.75, 3.05) is 0 Å². The quantitative estimate of drug-likeness (QED) is 0.686. The Kier molecular flexibility index (Phi) is 3.19. The highest BCUT2D eigenvalue weighted by atomic mass is 16.1. The van der Waals surface area contributed by atoms with E-state index in [1.165, 1.54) is 6.20 Å². The number of aromatic nitrogens is 2. The number of rotatable bonds is 3. The van der Waals surface area contributed by atoms with Crippen LogP contribution in [0.1, 0.15) is 19.8 Å². The van der Waals surface area contributed by atoms with Crippen LogP contribution in [0.25, 0.3) is 0 Å². The van der Waals surface area contributed by atoms with E-state index in [1.807, 2.05) is 0 Å². The molecule has 0 aliphatic heterocycles. The minimum atomic E-state index is -0.360. The van der Waals surface area contributed by atoms with Crippen molar-refractivity contribution in [1.29, 1.82) is 0 Å². The van der Waals surface area contributed by atoms with E-state index in [4.69, 9.17) is 0 Å². The normalized spacial score (nSPS) is 10.8. The van der Waals surface area contributed by atoms with E-state index in [2.05, 4.69) is 21.9 Å². The molecule has 1 aromatic heterocycles. The Hall–Kier alpha value is -1.45. The van der Waals surface area contributed by atoms with Crippen molar-refractivity contribution in [3.05, 3.63) is 22.7 Å². The first-order valence-corrected chi connectivity index (χ1v) is 3.91. The number of hydrogen-bond acceptors (Lipinski definition) is 3. The SMILES string of the molecule is CCC/C=N/c1ccnc(=O)[nH]1. The summed E-state index contributed by atoms with van der Waals surface area (Å²) in [6.45, 7) is 2.07. The van der Waals surface area contributed by atoms with E-state index in [1.54, 1.807) is 12.3 Å². The topological polar surface area (TPSA) is 58.1 Å². The van der Waals surface area contributed by atoms with Crippen LogP contribution in [0.15, 0.2) is 22.1 Å². The molecule has 0 amide bonds. The summed E-state index contributed by atoms with van der Waals surface area (Å²) in [7, 11) is 0. The van der Waals surface area contributed by atoms with Gasteiger partial charge in [-0.25, -0.2) is 14.8 Å². The minimum Gasteiger partial charge on any atom is -0.290 e. The standard InChI is InChI=1S/C8H11N3O/c1-2-3-5-9-7-4-6-10-8(12)11-7/h4-6H,2-3H2,1H3,(H,10,11,12)/b9-5+. The summed E-state index contributed by atoms with van der Waals surface area (Å²) in [5.74, 6) is 0.559. The Morgan fingerprint density at radius 2 is 2.58 bits per heavy atom. The molecular weight excluding hydrogens is 154 g/mol. The zero-order valence-electron chi connectivity index (χ0n) is 6.95. The molecule has 0 radical (unpaired) electrons. The molecule has 0 aromatic carbocycles. The molecule has 64 valence electrons. The van der Waals surface area contributed by atoms with Gasteiger partial charge in [0, 0.05) is 12.4 Å². The van der Waals surface area contributed by atoms with Gasteiger partial charge in [-0.15, -0.1) is 0 Å². The van der Waals surface area contributed by atoms with Gasteiger partial charge in [-0.3, -0.25) is 4.98 Å². The van der Waals surface area contributed by atoms with E-state index in [9.17, 15) is 4.79 Å². The summed E-state index contributed by atoms with van der Waals surface area (Å²) in [5, 5.41) is 0. The van der Waals surface area contributed by atoms with Gasteiger partial charge in [0.1, 0.15) is 5.82 Å². The van der Waals surface area contributed by atoms with Crippen LogP contribution in [-0.4, -0.2) is 16.2 Å². The summed E-state index contributed by atoms with van der Waals surface area (Å²) in [4.78, 5) is 20.7. The summed E-state index contributed by atoms with van der Waals surface area (Å²) in [5.41, 5.74) is -0.360. The Balaban J connectivity index is 2.69. The zero-order valence-corrected chi connectivity index (χ0v) is 6.95. The Labute approximate surface area is 70.4 Å². The van der Waals surface area contributed by atoms with Crippen molar-refractivity contribution in [3.8, 4) is 0 Å². The van der Waals surface area contributed by atoms with Crippen LogP contribution in [0.2, 0.25) is 0 Å². The van der Waals surface area contributed by atoms with Crippen LogP contribution >= 0.6 is 0 Å². The maximum atomic E-state index is 10.7. The second kappa shape index (κ2) is 4.43. The van der Waals surface area contributed by atoms with E-state index in [0.29, 0.717) is 5.82 Å². The predicted octanol–water partition coefficient (Wildman–Crippen LogP) is 1.27. The van der Waals surface area contributed by atoms with Crippen LogP contribution in [0.5, 0.6) is 0 Å². The second-order valence-corrected chi connectivity index (χ2v) is 2.36. The second-order valence-electron chi connectivity index (χ2n) is 2.36. The van der Waals surface area contributed by atoms with Crippen LogP contribution in [0.3, 0.4) is 0 Å². The molecule has 0 unspecified atom stereocenters. The van der Waals surface area contributed by atoms with Gasteiger partial charge in [-0.1, -0.05) is 13.3 Å². The number of aliphatic imine (C=N–C) groups is 1.